The van der Waals surface area contributed by atoms with Gasteiger partial charge in [-0.2, -0.15) is 0 Å². The third-order valence-corrected chi connectivity index (χ3v) is 4.56. The highest BCUT2D eigenvalue weighted by atomic mass is 79.9. The smallest absolute Gasteiger partial charge is 0.139 e. The zero-order valence-electron chi connectivity index (χ0n) is 11.0. The molecule has 0 aliphatic heterocycles. The van der Waals surface area contributed by atoms with Gasteiger partial charge in [-0.05, 0) is 53.9 Å². The zero-order valence-corrected chi connectivity index (χ0v) is 13.3. The highest BCUT2D eigenvalue weighted by Crippen LogP contribution is 2.39. The average Bonchev–Trinajstić information content (AvgIpc) is 3.23. The van der Waals surface area contributed by atoms with Gasteiger partial charge < -0.3 is 11.1 Å². The summed E-state index contributed by atoms with van der Waals surface area (Å²) in [7, 11) is 0. The van der Waals surface area contributed by atoms with Crippen LogP contribution in [0.15, 0.2) is 22.7 Å². The monoisotopic (exact) mass is 352 g/mol. The highest BCUT2D eigenvalue weighted by Gasteiger charge is 2.27. The number of halogens is 2. The zero-order chi connectivity index (χ0) is 14.3. The van der Waals surface area contributed by atoms with Crippen molar-refractivity contribution in [2.24, 2.45) is 0 Å². The molecule has 3 N–H and O–H groups in total. The Labute approximate surface area is 130 Å². The first-order chi connectivity index (χ1) is 9.54. The topological polar surface area (TPSA) is 63.8 Å². The minimum Gasteiger partial charge on any atom is -0.383 e. The minimum atomic E-state index is 0.465. The molecule has 0 amide bonds. The summed E-state index contributed by atoms with van der Waals surface area (Å²) in [5, 5.41) is 3.92. The van der Waals surface area contributed by atoms with Gasteiger partial charge >= 0.3 is 0 Å². The van der Waals surface area contributed by atoms with E-state index in [2.05, 4.69) is 31.2 Å². The summed E-state index contributed by atoms with van der Waals surface area (Å²) in [4.78, 5) is 8.95. The minimum absolute atomic E-state index is 0.465. The van der Waals surface area contributed by atoms with E-state index < -0.39 is 0 Å². The van der Waals surface area contributed by atoms with Crippen molar-refractivity contribution in [2.75, 3.05) is 11.1 Å². The van der Waals surface area contributed by atoms with Crippen molar-refractivity contribution in [2.45, 2.75) is 25.7 Å². The van der Waals surface area contributed by atoms with E-state index in [1.807, 2.05) is 25.1 Å². The molecule has 0 atom stereocenters. The summed E-state index contributed by atoms with van der Waals surface area (Å²) in [5.41, 5.74) is 7.70. The number of nitrogens with zero attached hydrogens (tertiary/aromatic N) is 2. The predicted octanol–water partition coefficient (Wildman–Crippen LogP) is 4.40. The molecule has 1 fully saturated rings. The molecule has 1 heterocycles. The average molecular weight is 354 g/mol. The van der Waals surface area contributed by atoms with Crippen LogP contribution in [0, 0.1) is 6.92 Å². The molecular weight excluding hydrogens is 340 g/mol. The van der Waals surface area contributed by atoms with Gasteiger partial charge in [0.2, 0.25) is 0 Å². The van der Waals surface area contributed by atoms with Crippen molar-refractivity contribution in [1.29, 1.82) is 0 Å². The summed E-state index contributed by atoms with van der Waals surface area (Å²) in [6.07, 6.45) is 2.29. The number of anilines is 3. The van der Waals surface area contributed by atoms with Crippen molar-refractivity contribution >= 4 is 44.9 Å². The number of hydrogen-bond acceptors (Lipinski definition) is 4. The van der Waals surface area contributed by atoms with E-state index >= 15 is 0 Å². The normalized spacial score (nSPS) is 14.3. The summed E-state index contributed by atoms with van der Waals surface area (Å²) < 4.78 is 0.863. The van der Waals surface area contributed by atoms with Gasteiger partial charge in [-0.25, -0.2) is 9.97 Å². The van der Waals surface area contributed by atoms with E-state index in [0.717, 1.165) is 40.2 Å². The second kappa shape index (κ2) is 5.22. The molecule has 6 heteroatoms. The van der Waals surface area contributed by atoms with Crippen molar-refractivity contribution in [3.63, 3.8) is 0 Å². The van der Waals surface area contributed by atoms with Gasteiger partial charge in [0.15, 0.2) is 0 Å². The maximum Gasteiger partial charge on any atom is 0.139 e. The fraction of sp³-hybridized carbons (Fsp3) is 0.286. The number of nitrogen functional groups attached to an aromatic ring is 1. The molecule has 0 radical (unpaired) electrons. The van der Waals surface area contributed by atoms with Crippen LogP contribution in [0.25, 0.3) is 0 Å². The van der Waals surface area contributed by atoms with Crippen molar-refractivity contribution < 1.29 is 0 Å². The van der Waals surface area contributed by atoms with Crippen LogP contribution in [0.3, 0.4) is 0 Å². The quantitative estimate of drug-likeness (QED) is 0.858. The van der Waals surface area contributed by atoms with Gasteiger partial charge in [0.05, 0.1) is 5.02 Å². The Morgan fingerprint density at radius 1 is 1.35 bits per heavy atom. The van der Waals surface area contributed by atoms with Crippen LogP contribution in [0.2, 0.25) is 5.02 Å². The van der Waals surface area contributed by atoms with Crippen LogP contribution in [-0.2, 0) is 0 Å². The van der Waals surface area contributed by atoms with E-state index in [4.69, 9.17) is 17.3 Å². The molecule has 20 heavy (non-hydrogen) atoms. The number of aromatic nitrogens is 2. The maximum atomic E-state index is 6.10. The van der Waals surface area contributed by atoms with Gasteiger partial charge in [-0.1, -0.05) is 11.6 Å². The van der Waals surface area contributed by atoms with Crippen molar-refractivity contribution in [3.8, 4) is 0 Å². The number of benzene rings is 1. The Balaban J connectivity index is 1.94. The third kappa shape index (κ3) is 2.74. The maximum absolute atomic E-state index is 6.10. The second-order valence-electron chi connectivity index (χ2n) is 4.97. The third-order valence-electron chi connectivity index (χ3n) is 3.33. The van der Waals surface area contributed by atoms with Gasteiger partial charge in [0.1, 0.15) is 17.5 Å². The van der Waals surface area contributed by atoms with Crippen LogP contribution in [0.4, 0.5) is 17.3 Å². The largest absolute Gasteiger partial charge is 0.383 e. The molecular formula is C14H14BrClN4. The van der Waals surface area contributed by atoms with Gasteiger partial charge in [-0.3, -0.25) is 0 Å². The summed E-state index contributed by atoms with van der Waals surface area (Å²) in [6.45, 7) is 1.91. The number of rotatable bonds is 3. The Morgan fingerprint density at radius 2 is 2.10 bits per heavy atom. The Kier molecular flexibility index (Phi) is 3.56. The lowest BCUT2D eigenvalue weighted by atomic mass is 10.2. The highest BCUT2D eigenvalue weighted by molar-refractivity contribution is 9.10. The number of nitrogens with one attached hydrogen (secondary N) is 1. The molecule has 1 aromatic heterocycles. The number of nitrogens with two attached hydrogens (primary N) is 1. The van der Waals surface area contributed by atoms with Gasteiger partial charge in [0.25, 0.3) is 0 Å². The molecule has 1 aliphatic rings. The number of hydrogen-bond donors (Lipinski definition) is 2. The Morgan fingerprint density at radius 3 is 2.75 bits per heavy atom. The first kappa shape index (κ1) is 13.6. The molecule has 0 spiro atoms. The lowest BCUT2D eigenvalue weighted by Gasteiger charge is -2.12. The second-order valence-corrected chi connectivity index (χ2v) is 6.23. The van der Waals surface area contributed by atoms with Crippen molar-refractivity contribution in [3.05, 3.63) is 39.1 Å². The lowest BCUT2D eigenvalue weighted by molar-refractivity contribution is 0.928. The first-order valence-electron chi connectivity index (χ1n) is 6.40. The van der Waals surface area contributed by atoms with Crippen LogP contribution >= 0.6 is 27.5 Å². The fourth-order valence-electron chi connectivity index (χ4n) is 1.91. The molecule has 104 valence electrons. The fourth-order valence-corrected chi connectivity index (χ4v) is 2.34. The lowest BCUT2D eigenvalue weighted by Crippen LogP contribution is -2.06. The molecule has 1 aliphatic carbocycles. The Hall–Kier alpha value is -1.33. The van der Waals surface area contributed by atoms with E-state index in [1.165, 1.54) is 0 Å². The van der Waals surface area contributed by atoms with Crippen LogP contribution in [-0.4, -0.2) is 9.97 Å². The molecule has 1 saturated carbocycles. The summed E-state index contributed by atoms with van der Waals surface area (Å²) in [5.74, 6) is 2.58. The summed E-state index contributed by atoms with van der Waals surface area (Å²) >= 11 is 9.47. The first-order valence-corrected chi connectivity index (χ1v) is 7.58. The molecule has 3 rings (SSSR count). The van der Waals surface area contributed by atoms with Crippen LogP contribution < -0.4 is 11.1 Å². The van der Waals surface area contributed by atoms with E-state index in [1.54, 1.807) is 0 Å². The van der Waals surface area contributed by atoms with Crippen LogP contribution in [0.5, 0.6) is 0 Å². The SMILES string of the molecule is Cc1c(N)nc(C2CC2)nc1Nc1ccc(Br)c(Cl)c1. The molecule has 0 bridgehead atoms. The molecule has 4 nitrogen and oxygen atoms in total. The van der Waals surface area contributed by atoms with Gasteiger partial charge in [0, 0.05) is 21.6 Å². The van der Waals surface area contributed by atoms with Crippen LogP contribution in [0.1, 0.15) is 30.1 Å². The molecule has 1 aromatic carbocycles. The standard InChI is InChI=1S/C14H14BrClN4/c1-7-12(17)19-14(8-2-3-8)20-13(7)18-9-4-5-10(15)11(16)6-9/h4-6,8H,2-3H2,1H3,(H3,17,18,19,20). The molecule has 0 saturated heterocycles. The van der Waals surface area contributed by atoms with E-state index in [0.29, 0.717) is 16.8 Å². The van der Waals surface area contributed by atoms with E-state index in [9.17, 15) is 0 Å². The Bertz CT molecular complexity index is 670. The van der Waals surface area contributed by atoms with Crippen molar-refractivity contribution in [1.82, 2.24) is 9.97 Å². The summed E-state index contributed by atoms with van der Waals surface area (Å²) in [6, 6.07) is 5.68. The molecule has 2 aromatic rings. The molecule has 0 unspecified atom stereocenters. The van der Waals surface area contributed by atoms with Gasteiger partial charge in [-0.15, -0.1) is 0 Å². The predicted molar refractivity (Wildman–Crippen MR) is 85.6 cm³/mol. The van der Waals surface area contributed by atoms with E-state index in [-0.39, 0.29) is 0 Å².